The number of hydrogen-bond donors (Lipinski definition) is 1. The third-order valence-electron chi connectivity index (χ3n) is 4.95. The highest BCUT2D eigenvalue weighted by Crippen LogP contribution is 2.14. The molecule has 1 unspecified atom stereocenters. The van der Waals surface area contributed by atoms with Crippen LogP contribution in [0.15, 0.2) is 47.1 Å². The summed E-state index contributed by atoms with van der Waals surface area (Å²) in [5, 5.41) is 2.66. The highest BCUT2D eigenvalue weighted by molar-refractivity contribution is 5.98. The monoisotopic (exact) mass is 401 g/mol. The molecule has 3 amide bonds. The molecule has 8 heteroatoms. The topological polar surface area (TPSA) is 82.9 Å². The molecule has 1 aliphatic heterocycles. The highest BCUT2D eigenvalue weighted by atomic mass is 19.1. The molecule has 1 fully saturated rings. The van der Waals surface area contributed by atoms with E-state index in [-0.39, 0.29) is 29.1 Å². The van der Waals surface area contributed by atoms with Gasteiger partial charge in [-0.15, -0.1) is 0 Å². The van der Waals surface area contributed by atoms with Crippen LogP contribution in [0.25, 0.3) is 0 Å². The number of rotatable bonds is 5. The first-order chi connectivity index (χ1) is 13.9. The summed E-state index contributed by atoms with van der Waals surface area (Å²) in [7, 11) is 0. The van der Waals surface area contributed by atoms with Crippen molar-refractivity contribution in [1.82, 2.24) is 15.1 Å². The van der Waals surface area contributed by atoms with E-state index in [4.69, 9.17) is 4.42 Å². The average Bonchev–Trinajstić information content (AvgIpc) is 3.26. The molecule has 1 saturated heterocycles. The van der Waals surface area contributed by atoms with E-state index >= 15 is 0 Å². The Morgan fingerprint density at radius 2 is 1.66 bits per heavy atom. The van der Waals surface area contributed by atoms with Gasteiger partial charge in [0, 0.05) is 26.2 Å². The van der Waals surface area contributed by atoms with E-state index in [1.54, 1.807) is 28.0 Å². The fourth-order valence-electron chi connectivity index (χ4n) is 3.26. The van der Waals surface area contributed by atoms with Crippen molar-refractivity contribution in [1.29, 1.82) is 0 Å². The van der Waals surface area contributed by atoms with E-state index < -0.39 is 17.8 Å². The SMILES string of the molecule is CC(C)C(NC(=O)c1ccccc1F)C(=O)N1CCN(C(=O)c2ccco2)CC1. The van der Waals surface area contributed by atoms with Crippen molar-refractivity contribution in [2.75, 3.05) is 26.2 Å². The zero-order valence-corrected chi connectivity index (χ0v) is 16.4. The predicted octanol–water partition coefficient (Wildman–Crippen LogP) is 2.16. The zero-order valence-electron chi connectivity index (χ0n) is 16.4. The van der Waals surface area contributed by atoms with Crippen LogP contribution in [0.3, 0.4) is 0 Å². The Kier molecular flexibility index (Phi) is 6.31. The minimum atomic E-state index is -0.783. The van der Waals surface area contributed by atoms with Gasteiger partial charge < -0.3 is 19.5 Å². The Bertz CT molecular complexity index is 874. The molecule has 0 radical (unpaired) electrons. The summed E-state index contributed by atoms with van der Waals surface area (Å²) < 4.78 is 19.0. The molecule has 2 heterocycles. The van der Waals surface area contributed by atoms with Crippen LogP contribution in [-0.2, 0) is 4.79 Å². The Morgan fingerprint density at radius 1 is 1.00 bits per heavy atom. The van der Waals surface area contributed by atoms with Gasteiger partial charge in [-0.1, -0.05) is 26.0 Å². The van der Waals surface area contributed by atoms with Gasteiger partial charge >= 0.3 is 0 Å². The fraction of sp³-hybridized carbons (Fsp3) is 0.381. The number of halogens is 1. The first-order valence-electron chi connectivity index (χ1n) is 9.55. The predicted molar refractivity (Wildman–Crippen MR) is 104 cm³/mol. The number of benzene rings is 1. The summed E-state index contributed by atoms with van der Waals surface area (Å²) in [6.45, 7) is 5.09. The minimum absolute atomic E-state index is 0.0974. The Balaban J connectivity index is 1.62. The largest absolute Gasteiger partial charge is 0.459 e. The molecule has 1 N–H and O–H groups in total. The van der Waals surface area contributed by atoms with Crippen LogP contribution in [0.1, 0.15) is 34.8 Å². The third-order valence-corrected chi connectivity index (χ3v) is 4.95. The van der Waals surface area contributed by atoms with Crippen LogP contribution in [0.4, 0.5) is 4.39 Å². The second kappa shape index (κ2) is 8.89. The lowest BCUT2D eigenvalue weighted by atomic mass is 10.0. The maximum absolute atomic E-state index is 13.9. The Morgan fingerprint density at radius 3 is 2.24 bits per heavy atom. The number of amides is 3. The minimum Gasteiger partial charge on any atom is -0.459 e. The second-order valence-electron chi connectivity index (χ2n) is 7.27. The number of carbonyl (C=O) groups excluding carboxylic acids is 3. The standard InChI is InChI=1S/C21H24FN3O4/c1-14(2)18(23-19(26)15-6-3-4-7-16(15)22)21(28)25-11-9-24(10-12-25)20(27)17-8-5-13-29-17/h3-8,13-14,18H,9-12H2,1-2H3,(H,23,26). The first-order valence-corrected chi connectivity index (χ1v) is 9.55. The summed E-state index contributed by atoms with van der Waals surface area (Å²) >= 11 is 0. The van der Waals surface area contributed by atoms with Gasteiger partial charge in [0.15, 0.2) is 5.76 Å². The van der Waals surface area contributed by atoms with Crippen LogP contribution in [0, 0.1) is 11.7 Å². The Labute approximate surface area is 168 Å². The molecule has 1 atom stereocenters. The second-order valence-corrected chi connectivity index (χ2v) is 7.27. The molecule has 2 aromatic rings. The fourth-order valence-corrected chi connectivity index (χ4v) is 3.26. The van der Waals surface area contributed by atoms with Gasteiger partial charge in [0.25, 0.3) is 11.8 Å². The van der Waals surface area contributed by atoms with Crippen LogP contribution in [-0.4, -0.2) is 59.7 Å². The molecule has 0 bridgehead atoms. The van der Waals surface area contributed by atoms with Gasteiger partial charge in [-0.3, -0.25) is 14.4 Å². The molecule has 0 saturated carbocycles. The van der Waals surface area contributed by atoms with Crippen molar-refractivity contribution in [2.45, 2.75) is 19.9 Å². The number of piperazine rings is 1. The first kappa shape index (κ1) is 20.6. The van der Waals surface area contributed by atoms with E-state index in [1.165, 1.54) is 24.5 Å². The molecule has 29 heavy (non-hydrogen) atoms. The summed E-state index contributed by atoms with van der Waals surface area (Å²) in [4.78, 5) is 41.1. The number of hydrogen-bond acceptors (Lipinski definition) is 4. The van der Waals surface area contributed by atoms with Crippen molar-refractivity contribution in [3.05, 3.63) is 59.8 Å². The van der Waals surface area contributed by atoms with Gasteiger partial charge in [0.1, 0.15) is 11.9 Å². The van der Waals surface area contributed by atoms with Gasteiger partial charge in [0.05, 0.1) is 11.8 Å². The summed E-state index contributed by atoms with van der Waals surface area (Å²) in [5.41, 5.74) is -0.0974. The van der Waals surface area contributed by atoms with E-state index in [9.17, 15) is 18.8 Å². The van der Waals surface area contributed by atoms with Gasteiger partial charge in [-0.25, -0.2) is 4.39 Å². The van der Waals surface area contributed by atoms with Crippen molar-refractivity contribution < 1.29 is 23.2 Å². The van der Waals surface area contributed by atoms with Crippen LogP contribution < -0.4 is 5.32 Å². The summed E-state index contributed by atoms with van der Waals surface area (Å²) in [6, 6.07) is 8.13. The highest BCUT2D eigenvalue weighted by Gasteiger charge is 2.32. The van der Waals surface area contributed by atoms with Crippen LogP contribution in [0.5, 0.6) is 0 Å². The average molecular weight is 401 g/mol. The van der Waals surface area contributed by atoms with Crippen LogP contribution >= 0.6 is 0 Å². The van der Waals surface area contributed by atoms with Gasteiger partial charge in [-0.2, -0.15) is 0 Å². The molecular weight excluding hydrogens is 377 g/mol. The van der Waals surface area contributed by atoms with E-state index in [0.29, 0.717) is 26.2 Å². The van der Waals surface area contributed by atoms with Gasteiger partial charge in [-0.05, 0) is 30.2 Å². The van der Waals surface area contributed by atoms with Crippen LogP contribution in [0.2, 0.25) is 0 Å². The van der Waals surface area contributed by atoms with E-state index in [2.05, 4.69) is 5.32 Å². The summed E-state index contributed by atoms with van der Waals surface area (Å²) in [5.74, 6) is -1.63. The molecule has 0 spiro atoms. The lowest BCUT2D eigenvalue weighted by molar-refractivity contribution is -0.135. The smallest absolute Gasteiger partial charge is 0.289 e. The van der Waals surface area contributed by atoms with Crippen molar-refractivity contribution in [2.24, 2.45) is 5.92 Å². The molecule has 1 aromatic heterocycles. The lowest BCUT2D eigenvalue weighted by Crippen LogP contribution is -2.57. The van der Waals surface area contributed by atoms with E-state index in [0.717, 1.165) is 0 Å². The van der Waals surface area contributed by atoms with E-state index in [1.807, 2.05) is 13.8 Å². The number of carbonyl (C=O) groups is 3. The van der Waals surface area contributed by atoms with Gasteiger partial charge in [0.2, 0.25) is 5.91 Å². The summed E-state index contributed by atoms with van der Waals surface area (Å²) in [6.07, 6.45) is 1.44. The maximum atomic E-state index is 13.9. The zero-order chi connectivity index (χ0) is 21.0. The van der Waals surface area contributed by atoms with Crippen molar-refractivity contribution in [3.8, 4) is 0 Å². The lowest BCUT2D eigenvalue weighted by Gasteiger charge is -2.37. The number of furan rings is 1. The quantitative estimate of drug-likeness (QED) is 0.832. The van der Waals surface area contributed by atoms with Crippen molar-refractivity contribution in [3.63, 3.8) is 0 Å². The number of nitrogens with zero attached hydrogens (tertiary/aromatic N) is 2. The molecule has 1 aliphatic rings. The molecule has 7 nitrogen and oxygen atoms in total. The molecule has 1 aromatic carbocycles. The molecular formula is C21H24FN3O4. The molecule has 3 rings (SSSR count). The maximum Gasteiger partial charge on any atom is 0.289 e. The van der Waals surface area contributed by atoms with Crippen molar-refractivity contribution >= 4 is 17.7 Å². The molecule has 154 valence electrons. The third kappa shape index (κ3) is 4.64. The molecule has 0 aliphatic carbocycles. The Hall–Kier alpha value is -3.16. The number of nitrogens with one attached hydrogen (secondary N) is 1. The normalized spacial score (nSPS) is 15.3.